The first-order chi connectivity index (χ1) is 6.81. The molecule has 4 N–H and O–H groups in total. The Balaban J connectivity index is 2.45. The second-order valence-electron chi connectivity index (χ2n) is 3.42. The molecule has 1 saturated carbocycles. The molecule has 0 saturated heterocycles. The number of nitrogens with zero attached hydrogens (tertiary/aromatic N) is 1. The summed E-state index contributed by atoms with van der Waals surface area (Å²) in [7, 11) is 0. The number of hydrazine groups is 1. The Morgan fingerprint density at radius 3 is 2.93 bits per heavy atom. The van der Waals surface area contributed by atoms with Crippen LogP contribution in [0.15, 0.2) is 4.99 Å². The van der Waals surface area contributed by atoms with E-state index in [0.717, 1.165) is 12.5 Å². The molecule has 0 aromatic rings. The molecular formula is C9H20N4S. The SMILES string of the molecule is CCN=C(NN)NC1CCCC1SC. The molecule has 0 aliphatic heterocycles. The number of guanidine groups is 1. The van der Waals surface area contributed by atoms with Crippen LogP contribution >= 0.6 is 11.8 Å². The van der Waals surface area contributed by atoms with Gasteiger partial charge in [0.2, 0.25) is 5.96 Å². The van der Waals surface area contributed by atoms with Gasteiger partial charge in [-0.3, -0.25) is 10.4 Å². The van der Waals surface area contributed by atoms with E-state index < -0.39 is 0 Å². The molecule has 2 atom stereocenters. The van der Waals surface area contributed by atoms with E-state index in [2.05, 4.69) is 22.0 Å². The highest BCUT2D eigenvalue weighted by Crippen LogP contribution is 2.28. The van der Waals surface area contributed by atoms with Crippen molar-refractivity contribution in [1.29, 1.82) is 0 Å². The van der Waals surface area contributed by atoms with Gasteiger partial charge in [-0.05, 0) is 26.0 Å². The third kappa shape index (κ3) is 3.06. The lowest BCUT2D eigenvalue weighted by molar-refractivity contribution is 0.625. The number of rotatable bonds is 3. The first-order valence-corrected chi connectivity index (χ1v) is 6.41. The monoisotopic (exact) mass is 216 g/mol. The van der Waals surface area contributed by atoms with Crippen molar-refractivity contribution in [3.63, 3.8) is 0 Å². The summed E-state index contributed by atoms with van der Waals surface area (Å²) in [4.78, 5) is 4.24. The van der Waals surface area contributed by atoms with Gasteiger partial charge in [-0.25, -0.2) is 5.84 Å². The van der Waals surface area contributed by atoms with Gasteiger partial charge in [0, 0.05) is 17.8 Å². The quantitative estimate of drug-likeness (QED) is 0.281. The van der Waals surface area contributed by atoms with Crippen LogP contribution < -0.4 is 16.6 Å². The number of nitrogens with two attached hydrogens (primary N) is 1. The zero-order valence-corrected chi connectivity index (χ0v) is 9.73. The van der Waals surface area contributed by atoms with E-state index >= 15 is 0 Å². The van der Waals surface area contributed by atoms with E-state index in [9.17, 15) is 0 Å². The van der Waals surface area contributed by atoms with Gasteiger partial charge in [0.05, 0.1) is 0 Å². The van der Waals surface area contributed by atoms with Crippen molar-refractivity contribution < 1.29 is 0 Å². The van der Waals surface area contributed by atoms with E-state index in [1.54, 1.807) is 0 Å². The fraction of sp³-hybridized carbons (Fsp3) is 0.889. The largest absolute Gasteiger partial charge is 0.351 e. The van der Waals surface area contributed by atoms with Crippen molar-refractivity contribution in [1.82, 2.24) is 10.7 Å². The normalized spacial score (nSPS) is 27.8. The lowest BCUT2D eigenvalue weighted by Crippen LogP contribution is -2.48. The van der Waals surface area contributed by atoms with Crippen LogP contribution in [0.4, 0.5) is 0 Å². The fourth-order valence-corrected chi connectivity index (χ4v) is 2.77. The molecule has 14 heavy (non-hydrogen) atoms. The number of thioether (sulfide) groups is 1. The predicted octanol–water partition coefficient (Wildman–Crippen LogP) is 0.699. The van der Waals surface area contributed by atoms with Crippen molar-refractivity contribution >= 4 is 17.7 Å². The highest BCUT2D eigenvalue weighted by Gasteiger charge is 2.26. The third-order valence-corrected chi connectivity index (χ3v) is 3.70. The van der Waals surface area contributed by atoms with Gasteiger partial charge in [0.25, 0.3) is 0 Å². The summed E-state index contributed by atoms with van der Waals surface area (Å²) in [6.07, 6.45) is 5.98. The zero-order chi connectivity index (χ0) is 10.4. The topological polar surface area (TPSA) is 62.4 Å². The minimum Gasteiger partial charge on any atom is -0.351 e. The summed E-state index contributed by atoms with van der Waals surface area (Å²) in [5.41, 5.74) is 2.60. The highest BCUT2D eigenvalue weighted by molar-refractivity contribution is 7.99. The molecule has 1 fully saturated rings. The number of hydrogen-bond donors (Lipinski definition) is 3. The maximum atomic E-state index is 5.37. The van der Waals surface area contributed by atoms with Gasteiger partial charge in [-0.2, -0.15) is 11.8 Å². The van der Waals surface area contributed by atoms with Crippen LogP contribution in [0.1, 0.15) is 26.2 Å². The minimum atomic E-state index is 0.520. The van der Waals surface area contributed by atoms with Crippen LogP contribution in [0.3, 0.4) is 0 Å². The Morgan fingerprint density at radius 1 is 1.57 bits per heavy atom. The molecule has 0 amide bonds. The summed E-state index contributed by atoms with van der Waals surface area (Å²) in [5.74, 6) is 6.09. The van der Waals surface area contributed by atoms with Crippen molar-refractivity contribution in [2.45, 2.75) is 37.5 Å². The van der Waals surface area contributed by atoms with Gasteiger partial charge < -0.3 is 5.32 Å². The van der Waals surface area contributed by atoms with Crippen LogP contribution in [0.2, 0.25) is 0 Å². The maximum Gasteiger partial charge on any atom is 0.205 e. The van der Waals surface area contributed by atoms with Gasteiger partial charge in [-0.15, -0.1) is 0 Å². The van der Waals surface area contributed by atoms with Crippen molar-refractivity contribution in [3.8, 4) is 0 Å². The summed E-state index contributed by atoms with van der Waals surface area (Å²) in [5, 5.41) is 4.06. The highest BCUT2D eigenvalue weighted by atomic mass is 32.2. The average Bonchev–Trinajstić information content (AvgIpc) is 2.64. The van der Waals surface area contributed by atoms with Crippen molar-refractivity contribution in [3.05, 3.63) is 0 Å². The fourth-order valence-electron chi connectivity index (χ4n) is 1.84. The molecule has 0 aromatic heterocycles. The Bertz CT molecular complexity index is 195. The molecule has 1 rings (SSSR count). The van der Waals surface area contributed by atoms with Crippen molar-refractivity contribution in [2.24, 2.45) is 10.8 Å². The zero-order valence-electron chi connectivity index (χ0n) is 8.92. The molecule has 5 heteroatoms. The molecular weight excluding hydrogens is 196 g/mol. The summed E-state index contributed by atoms with van der Waals surface area (Å²) >= 11 is 1.92. The smallest absolute Gasteiger partial charge is 0.205 e. The van der Waals surface area contributed by atoms with Crippen LogP contribution in [0.25, 0.3) is 0 Å². The van der Waals surface area contributed by atoms with E-state index in [4.69, 9.17) is 5.84 Å². The first-order valence-electron chi connectivity index (χ1n) is 5.12. The van der Waals surface area contributed by atoms with Gasteiger partial charge in [0.1, 0.15) is 0 Å². The van der Waals surface area contributed by atoms with E-state index in [1.807, 2.05) is 18.7 Å². The Morgan fingerprint density at radius 2 is 2.36 bits per heavy atom. The lowest BCUT2D eigenvalue weighted by atomic mass is 10.2. The van der Waals surface area contributed by atoms with Crippen LogP contribution in [0, 0.1) is 0 Å². The second-order valence-corrected chi connectivity index (χ2v) is 4.50. The summed E-state index contributed by atoms with van der Waals surface area (Å²) < 4.78 is 0. The second kappa shape index (κ2) is 6.14. The lowest BCUT2D eigenvalue weighted by Gasteiger charge is -2.20. The number of aliphatic imine (C=N–C) groups is 1. The maximum absolute atomic E-state index is 5.37. The molecule has 0 spiro atoms. The molecule has 1 aliphatic carbocycles. The molecule has 2 unspecified atom stereocenters. The molecule has 0 heterocycles. The van der Waals surface area contributed by atoms with Crippen LogP contribution in [-0.4, -0.2) is 30.1 Å². The molecule has 0 bridgehead atoms. The first kappa shape index (κ1) is 11.7. The van der Waals surface area contributed by atoms with Crippen LogP contribution in [0.5, 0.6) is 0 Å². The van der Waals surface area contributed by atoms with Crippen molar-refractivity contribution in [2.75, 3.05) is 12.8 Å². The minimum absolute atomic E-state index is 0.520. The molecule has 0 aromatic carbocycles. The van der Waals surface area contributed by atoms with Gasteiger partial charge in [-0.1, -0.05) is 6.42 Å². The van der Waals surface area contributed by atoms with E-state index in [-0.39, 0.29) is 0 Å². The average molecular weight is 216 g/mol. The number of hydrogen-bond acceptors (Lipinski definition) is 3. The van der Waals surface area contributed by atoms with E-state index in [1.165, 1.54) is 19.3 Å². The van der Waals surface area contributed by atoms with E-state index in [0.29, 0.717) is 11.3 Å². The summed E-state index contributed by atoms with van der Waals surface area (Å²) in [6.45, 7) is 2.75. The Hall–Kier alpha value is -0.420. The third-order valence-electron chi connectivity index (χ3n) is 2.53. The molecule has 1 aliphatic rings. The molecule has 4 nitrogen and oxygen atoms in total. The molecule has 82 valence electrons. The number of nitrogens with one attached hydrogen (secondary N) is 2. The Kier molecular flexibility index (Phi) is 5.11. The Labute approximate surface area is 90.1 Å². The van der Waals surface area contributed by atoms with Gasteiger partial charge in [0.15, 0.2) is 0 Å². The van der Waals surface area contributed by atoms with Crippen LogP contribution in [-0.2, 0) is 0 Å². The molecule has 0 radical (unpaired) electrons. The summed E-state index contributed by atoms with van der Waals surface area (Å²) in [6, 6.07) is 0.520. The standard InChI is InChI=1S/C9H20N4S/c1-3-11-9(13-10)12-7-5-4-6-8(7)14-2/h7-8H,3-6,10H2,1-2H3,(H2,11,12,13). The van der Waals surface area contributed by atoms with Gasteiger partial charge >= 0.3 is 0 Å². The predicted molar refractivity (Wildman–Crippen MR) is 63.4 cm³/mol.